The SMILES string of the molecule is N#C[C@@H]1CCCN1C(=O)[C@@H](N)CN1CC2C[C@@H]1C(=O)N2Cc1ccc(NC=O)cc1. The lowest BCUT2D eigenvalue weighted by Gasteiger charge is -2.35. The van der Waals surface area contributed by atoms with E-state index in [0.29, 0.717) is 44.7 Å². The Hall–Kier alpha value is -2.96. The summed E-state index contributed by atoms with van der Waals surface area (Å²) < 4.78 is 0. The number of piperazine rings is 1. The van der Waals surface area contributed by atoms with Crippen LogP contribution in [0.15, 0.2) is 24.3 Å². The smallest absolute Gasteiger partial charge is 0.241 e. The van der Waals surface area contributed by atoms with Gasteiger partial charge in [0, 0.05) is 37.9 Å². The number of nitriles is 1. The van der Waals surface area contributed by atoms with Gasteiger partial charge in [-0.05, 0) is 37.0 Å². The summed E-state index contributed by atoms with van der Waals surface area (Å²) in [5.41, 5.74) is 7.88. The Morgan fingerprint density at radius 3 is 2.80 bits per heavy atom. The molecule has 158 valence electrons. The van der Waals surface area contributed by atoms with E-state index >= 15 is 0 Å². The Bertz CT molecular complexity index is 866. The highest BCUT2D eigenvalue weighted by atomic mass is 16.2. The third-order valence-corrected chi connectivity index (χ3v) is 6.36. The highest BCUT2D eigenvalue weighted by Gasteiger charge is 2.50. The summed E-state index contributed by atoms with van der Waals surface area (Å²) in [4.78, 5) is 41.6. The van der Waals surface area contributed by atoms with Gasteiger partial charge in [0.15, 0.2) is 0 Å². The minimum atomic E-state index is -0.725. The van der Waals surface area contributed by atoms with Gasteiger partial charge in [0.05, 0.1) is 18.2 Å². The molecule has 0 aromatic heterocycles. The van der Waals surface area contributed by atoms with Crippen LogP contribution in [0.4, 0.5) is 5.69 Å². The van der Waals surface area contributed by atoms with Crippen molar-refractivity contribution in [3.8, 4) is 6.07 Å². The van der Waals surface area contributed by atoms with Crippen LogP contribution in [0.3, 0.4) is 0 Å². The number of nitrogens with zero attached hydrogens (tertiary/aromatic N) is 4. The maximum absolute atomic E-state index is 12.9. The quantitative estimate of drug-likeness (QED) is 0.605. The normalized spacial score (nSPS) is 26.7. The van der Waals surface area contributed by atoms with Crippen molar-refractivity contribution < 1.29 is 14.4 Å². The summed E-state index contributed by atoms with van der Waals surface area (Å²) in [5.74, 6) is -0.132. The Morgan fingerprint density at radius 1 is 1.37 bits per heavy atom. The van der Waals surface area contributed by atoms with Crippen molar-refractivity contribution in [2.45, 2.75) is 50.0 Å². The number of nitrogens with two attached hydrogens (primary N) is 1. The van der Waals surface area contributed by atoms with Crippen molar-refractivity contribution in [3.05, 3.63) is 29.8 Å². The first kappa shape index (κ1) is 20.3. The predicted molar refractivity (Wildman–Crippen MR) is 109 cm³/mol. The maximum Gasteiger partial charge on any atom is 0.241 e. The van der Waals surface area contributed by atoms with Gasteiger partial charge in [-0.3, -0.25) is 19.3 Å². The molecular formula is C21H26N6O3. The number of hydrogen-bond acceptors (Lipinski definition) is 6. The summed E-state index contributed by atoms with van der Waals surface area (Å²) >= 11 is 0. The second kappa shape index (κ2) is 8.42. The summed E-state index contributed by atoms with van der Waals surface area (Å²) in [6.45, 7) is 2.13. The molecule has 3 amide bonds. The molecule has 1 unspecified atom stereocenters. The number of likely N-dealkylation sites (tertiary alicyclic amines) is 3. The fourth-order valence-corrected chi connectivity index (χ4v) is 4.82. The van der Waals surface area contributed by atoms with Crippen LogP contribution in [0.1, 0.15) is 24.8 Å². The van der Waals surface area contributed by atoms with Gasteiger partial charge in [0.2, 0.25) is 18.2 Å². The molecule has 3 aliphatic heterocycles. The number of hydrogen-bond donors (Lipinski definition) is 2. The Morgan fingerprint density at radius 2 is 2.13 bits per heavy atom. The number of rotatable bonds is 7. The van der Waals surface area contributed by atoms with Gasteiger partial charge in [-0.25, -0.2) is 0 Å². The van der Waals surface area contributed by atoms with E-state index in [0.717, 1.165) is 18.4 Å². The standard InChI is InChI=1S/C21H26N6O3/c22-9-16-2-1-7-26(16)20(29)18(23)12-25-11-17-8-19(25)21(30)27(17)10-14-3-5-15(6-4-14)24-13-28/h3-6,13,16-19H,1-2,7-8,10-12,23H2,(H,24,28)/t16-,17?,18-,19+/m0/s1. The largest absolute Gasteiger partial charge is 0.333 e. The zero-order valence-corrected chi connectivity index (χ0v) is 16.7. The van der Waals surface area contributed by atoms with E-state index in [4.69, 9.17) is 5.73 Å². The summed E-state index contributed by atoms with van der Waals surface area (Å²) in [5, 5.41) is 11.8. The van der Waals surface area contributed by atoms with Gasteiger partial charge >= 0.3 is 0 Å². The van der Waals surface area contributed by atoms with Gasteiger partial charge in [-0.1, -0.05) is 12.1 Å². The minimum absolute atomic E-state index is 0.0667. The zero-order chi connectivity index (χ0) is 21.3. The number of nitrogens with one attached hydrogen (secondary N) is 1. The molecule has 3 N–H and O–H groups in total. The molecule has 0 saturated carbocycles. The first-order chi connectivity index (χ1) is 14.5. The molecule has 3 fully saturated rings. The summed E-state index contributed by atoms with van der Waals surface area (Å²) in [6, 6.07) is 8.36. The second-order valence-corrected chi connectivity index (χ2v) is 8.21. The first-order valence-electron chi connectivity index (χ1n) is 10.3. The molecule has 1 aromatic rings. The average molecular weight is 410 g/mol. The number of benzene rings is 1. The van der Waals surface area contributed by atoms with E-state index in [1.54, 1.807) is 4.90 Å². The van der Waals surface area contributed by atoms with E-state index in [9.17, 15) is 19.6 Å². The van der Waals surface area contributed by atoms with Crippen LogP contribution in [0, 0.1) is 11.3 Å². The van der Waals surface area contributed by atoms with E-state index in [2.05, 4.69) is 11.4 Å². The van der Waals surface area contributed by atoms with Crippen LogP contribution in [0.5, 0.6) is 0 Å². The minimum Gasteiger partial charge on any atom is -0.333 e. The zero-order valence-electron chi connectivity index (χ0n) is 16.7. The molecule has 9 nitrogen and oxygen atoms in total. The van der Waals surface area contributed by atoms with Crippen LogP contribution in [-0.4, -0.2) is 76.7 Å². The third kappa shape index (κ3) is 3.76. The molecule has 0 aliphatic carbocycles. The molecule has 3 heterocycles. The van der Waals surface area contributed by atoms with Crippen molar-refractivity contribution in [1.82, 2.24) is 14.7 Å². The van der Waals surface area contributed by atoms with Crippen molar-refractivity contribution >= 4 is 23.9 Å². The lowest BCUT2D eigenvalue weighted by atomic mass is 10.1. The molecule has 9 heteroatoms. The average Bonchev–Trinajstić information content (AvgIpc) is 3.45. The number of amides is 3. The molecule has 0 radical (unpaired) electrons. The molecule has 4 rings (SSSR count). The van der Waals surface area contributed by atoms with Crippen molar-refractivity contribution in [2.24, 2.45) is 5.73 Å². The van der Waals surface area contributed by atoms with Crippen LogP contribution < -0.4 is 11.1 Å². The van der Waals surface area contributed by atoms with Crippen molar-refractivity contribution in [1.29, 1.82) is 5.26 Å². The maximum atomic E-state index is 12.9. The summed E-state index contributed by atoms with van der Waals surface area (Å²) in [7, 11) is 0. The highest BCUT2D eigenvalue weighted by Crippen LogP contribution is 2.33. The van der Waals surface area contributed by atoms with E-state index in [1.807, 2.05) is 34.1 Å². The number of carbonyl (C=O) groups is 3. The topological polar surface area (TPSA) is 123 Å². The van der Waals surface area contributed by atoms with Crippen molar-refractivity contribution in [3.63, 3.8) is 0 Å². The monoisotopic (exact) mass is 410 g/mol. The Kier molecular flexibility index (Phi) is 5.70. The third-order valence-electron chi connectivity index (χ3n) is 6.36. The fraction of sp³-hybridized carbons (Fsp3) is 0.524. The summed E-state index contributed by atoms with van der Waals surface area (Å²) in [6.07, 6.45) is 2.90. The van der Waals surface area contributed by atoms with Gasteiger partial charge in [0.25, 0.3) is 0 Å². The molecule has 1 aromatic carbocycles. The van der Waals surface area contributed by atoms with Crippen LogP contribution >= 0.6 is 0 Å². The molecule has 0 spiro atoms. The van der Waals surface area contributed by atoms with Gasteiger partial charge in [0.1, 0.15) is 6.04 Å². The highest BCUT2D eigenvalue weighted by molar-refractivity contribution is 5.86. The van der Waals surface area contributed by atoms with Gasteiger partial charge < -0.3 is 20.9 Å². The number of carbonyl (C=O) groups excluding carboxylic acids is 3. The first-order valence-corrected chi connectivity index (χ1v) is 10.3. The van der Waals surface area contributed by atoms with Gasteiger partial charge in [-0.2, -0.15) is 5.26 Å². The van der Waals surface area contributed by atoms with Crippen molar-refractivity contribution in [2.75, 3.05) is 25.0 Å². The predicted octanol–water partition coefficient (Wildman–Crippen LogP) is -0.118. The molecule has 3 saturated heterocycles. The van der Waals surface area contributed by atoms with Gasteiger partial charge in [-0.15, -0.1) is 0 Å². The van der Waals surface area contributed by atoms with Crippen LogP contribution in [0.2, 0.25) is 0 Å². The Labute approximate surface area is 175 Å². The second-order valence-electron chi connectivity index (χ2n) is 8.21. The van der Waals surface area contributed by atoms with Crippen LogP contribution in [-0.2, 0) is 20.9 Å². The molecule has 3 aliphatic rings. The van der Waals surface area contributed by atoms with E-state index < -0.39 is 6.04 Å². The number of anilines is 1. The van der Waals surface area contributed by atoms with E-state index in [-0.39, 0.29) is 29.9 Å². The molecular weight excluding hydrogens is 384 g/mol. The molecule has 4 atom stereocenters. The Balaban J connectivity index is 1.33. The molecule has 30 heavy (non-hydrogen) atoms. The van der Waals surface area contributed by atoms with E-state index in [1.165, 1.54) is 0 Å². The lowest BCUT2D eigenvalue weighted by Crippen LogP contribution is -2.56. The number of fused-ring (bicyclic) bond motifs is 2. The fourth-order valence-electron chi connectivity index (χ4n) is 4.82. The lowest BCUT2D eigenvalue weighted by molar-refractivity contribution is -0.139. The van der Waals surface area contributed by atoms with Crippen LogP contribution in [0.25, 0.3) is 0 Å². The molecule has 2 bridgehead atoms.